The number of carbonyl (C=O) groups excluding carboxylic acids is 3. The third kappa shape index (κ3) is 6.16. The van der Waals surface area contributed by atoms with Crippen molar-refractivity contribution in [3.8, 4) is 0 Å². The number of carbonyl (C=O) groups is 3. The summed E-state index contributed by atoms with van der Waals surface area (Å²) < 4.78 is 4.80. The van der Waals surface area contributed by atoms with Crippen LogP contribution >= 0.6 is 11.3 Å². The third-order valence-corrected chi connectivity index (χ3v) is 4.79. The first-order valence-corrected chi connectivity index (χ1v) is 8.91. The number of amides is 3. The van der Waals surface area contributed by atoms with Gasteiger partial charge in [0.2, 0.25) is 0 Å². The molecule has 24 heavy (non-hydrogen) atoms. The minimum Gasteiger partial charge on any atom is -0.452 e. The Bertz CT molecular complexity index is 598. The maximum Gasteiger partial charge on any atom is 0.331 e. The fourth-order valence-electron chi connectivity index (χ4n) is 2.62. The molecule has 7 heteroatoms. The van der Waals surface area contributed by atoms with E-state index in [4.69, 9.17) is 4.74 Å². The van der Waals surface area contributed by atoms with Gasteiger partial charge in [0.25, 0.3) is 5.91 Å². The Kier molecular flexibility index (Phi) is 6.99. The number of thiophene rings is 1. The molecule has 0 aromatic carbocycles. The largest absolute Gasteiger partial charge is 0.452 e. The van der Waals surface area contributed by atoms with Crippen molar-refractivity contribution in [2.45, 2.75) is 38.6 Å². The Hall–Kier alpha value is -2.15. The Morgan fingerprint density at radius 1 is 1.33 bits per heavy atom. The van der Waals surface area contributed by atoms with Crippen LogP contribution in [-0.4, -0.2) is 30.6 Å². The quantitative estimate of drug-likeness (QED) is 0.632. The molecule has 130 valence electrons. The van der Waals surface area contributed by atoms with Crippen molar-refractivity contribution >= 4 is 35.3 Å². The lowest BCUT2D eigenvalue weighted by molar-refractivity contribution is -0.143. The highest BCUT2D eigenvalue weighted by molar-refractivity contribution is 7.10. The Morgan fingerprint density at radius 3 is 2.83 bits per heavy atom. The van der Waals surface area contributed by atoms with Gasteiger partial charge in [-0.05, 0) is 36.3 Å². The van der Waals surface area contributed by atoms with Crippen LogP contribution < -0.4 is 10.6 Å². The van der Waals surface area contributed by atoms with Gasteiger partial charge < -0.3 is 10.1 Å². The van der Waals surface area contributed by atoms with Crippen LogP contribution in [0.2, 0.25) is 0 Å². The molecule has 2 rings (SSSR count). The minimum absolute atomic E-state index is 0.0860. The van der Waals surface area contributed by atoms with Gasteiger partial charge in [-0.3, -0.25) is 10.1 Å². The van der Waals surface area contributed by atoms with E-state index in [-0.39, 0.29) is 6.04 Å². The van der Waals surface area contributed by atoms with Gasteiger partial charge in [0.15, 0.2) is 6.61 Å². The second-order valence-corrected chi connectivity index (χ2v) is 6.83. The molecule has 2 N–H and O–H groups in total. The maximum atomic E-state index is 11.8. The summed E-state index contributed by atoms with van der Waals surface area (Å²) in [5.41, 5.74) is 0. The summed E-state index contributed by atoms with van der Waals surface area (Å²) in [6, 6.07) is 3.28. The van der Waals surface area contributed by atoms with Crippen LogP contribution in [-0.2, 0) is 14.3 Å². The molecule has 1 heterocycles. The highest BCUT2D eigenvalue weighted by atomic mass is 32.1. The van der Waals surface area contributed by atoms with E-state index >= 15 is 0 Å². The van der Waals surface area contributed by atoms with Gasteiger partial charge in [0.05, 0.1) is 0 Å². The van der Waals surface area contributed by atoms with Crippen molar-refractivity contribution in [2.75, 3.05) is 6.61 Å². The lowest BCUT2D eigenvalue weighted by atomic mass is 9.86. The summed E-state index contributed by atoms with van der Waals surface area (Å²) in [6.07, 6.45) is 7.12. The second-order valence-electron chi connectivity index (χ2n) is 5.85. The molecule has 1 aliphatic rings. The van der Waals surface area contributed by atoms with Gasteiger partial charge in [-0.15, -0.1) is 11.3 Å². The van der Waals surface area contributed by atoms with Crippen molar-refractivity contribution in [1.82, 2.24) is 10.6 Å². The first kappa shape index (κ1) is 18.2. The van der Waals surface area contributed by atoms with Crippen molar-refractivity contribution in [3.05, 3.63) is 28.5 Å². The van der Waals surface area contributed by atoms with Gasteiger partial charge in [0, 0.05) is 17.0 Å². The molecule has 1 aromatic heterocycles. The van der Waals surface area contributed by atoms with Gasteiger partial charge >= 0.3 is 12.0 Å². The number of nitrogens with one attached hydrogen (secondary N) is 2. The molecule has 1 aliphatic carbocycles. The fourth-order valence-corrected chi connectivity index (χ4v) is 3.24. The number of urea groups is 1. The molecular formula is C17H22N2O4S. The van der Waals surface area contributed by atoms with Crippen LogP contribution in [0.5, 0.6) is 0 Å². The molecule has 0 saturated heterocycles. The molecule has 0 spiro atoms. The summed E-state index contributed by atoms with van der Waals surface area (Å²) in [5, 5.41) is 6.88. The predicted octanol–water partition coefficient (Wildman–Crippen LogP) is 2.71. The van der Waals surface area contributed by atoms with E-state index < -0.39 is 24.5 Å². The molecule has 3 amide bonds. The van der Waals surface area contributed by atoms with Gasteiger partial charge in [-0.25, -0.2) is 9.59 Å². The SMILES string of the molecule is C[C@H]1CCCC[C@@H]1NC(=O)NC(=O)COC(=O)/C=C/c1cccs1. The highest BCUT2D eigenvalue weighted by Crippen LogP contribution is 2.23. The van der Waals surface area contributed by atoms with E-state index in [2.05, 4.69) is 17.6 Å². The van der Waals surface area contributed by atoms with Crippen molar-refractivity contribution < 1.29 is 19.1 Å². The van der Waals surface area contributed by atoms with E-state index in [0.717, 1.165) is 24.1 Å². The molecule has 1 aromatic rings. The van der Waals surface area contributed by atoms with Crippen LogP contribution in [0.3, 0.4) is 0 Å². The summed E-state index contributed by atoms with van der Waals surface area (Å²) in [7, 11) is 0. The minimum atomic E-state index is -0.645. The number of imide groups is 1. The second kappa shape index (κ2) is 9.22. The molecule has 2 atom stereocenters. The fraction of sp³-hybridized carbons (Fsp3) is 0.471. The normalized spacial score (nSPS) is 20.5. The monoisotopic (exact) mass is 350 g/mol. The van der Waals surface area contributed by atoms with E-state index in [1.807, 2.05) is 17.5 Å². The molecule has 1 fully saturated rings. The Morgan fingerprint density at radius 2 is 2.12 bits per heavy atom. The Balaban J connectivity index is 1.66. The number of hydrogen-bond acceptors (Lipinski definition) is 5. The number of rotatable bonds is 5. The van der Waals surface area contributed by atoms with Crippen molar-refractivity contribution in [3.63, 3.8) is 0 Å². The van der Waals surface area contributed by atoms with E-state index in [9.17, 15) is 14.4 Å². The van der Waals surface area contributed by atoms with E-state index in [1.165, 1.54) is 23.8 Å². The average molecular weight is 350 g/mol. The summed E-state index contributed by atoms with van der Waals surface area (Å²) in [4.78, 5) is 35.9. The number of ether oxygens (including phenoxy) is 1. The summed E-state index contributed by atoms with van der Waals surface area (Å²) in [5.74, 6) is -0.867. The van der Waals surface area contributed by atoms with Crippen LogP contribution in [0, 0.1) is 5.92 Å². The maximum absolute atomic E-state index is 11.8. The van der Waals surface area contributed by atoms with Crippen molar-refractivity contribution in [2.24, 2.45) is 5.92 Å². The first-order valence-electron chi connectivity index (χ1n) is 8.03. The molecular weight excluding hydrogens is 328 g/mol. The van der Waals surface area contributed by atoms with E-state index in [1.54, 1.807) is 6.08 Å². The van der Waals surface area contributed by atoms with Gasteiger partial charge in [-0.2, -0.15) is 0 Å². The predicted molar refractivity (Wildman–Crippen MR) is 92.4 cm³/mol. The molecule has 0 radical (unpaired) electrons. The van der Waals surface area contributed by atoms with E-state index in [0.29, 0.717) is 5.92 Å². The molecule has 0 unspecified atom stereocenters. The van der Waals surface area contributed by atoms with Crippen molar-refractivity contribution in [1.29, 1.82) is 0 Å². The first-order chi connectivity index (χ1) is 11.5. The van der Waals surface area contributed by atoms with Crippen LogP contribution in [0.4, 0.5) is 4.79 Å². The van der Waals surface area contributed by atoms with Crippen LogP contribution in [0.15, 0.2) is 23.6 Å². The standard InChI is InChI=1S/C17H22N2O4S/c1-12-5-2-3-7-14(12)18-17(22)19-15(20)11-23-16(21)9-8-13-6-4-10-24-13/h4,6,8-10,12,14H,2-3,5,7,11H2,1H3,(H2,18,19,20,22)/b9-8+/t12-,14-/m0/s1. The zero-order chi connectivity index (χ0) is 17.4. The molecule has 1 saturated carbocycles. The zero-order valence-corrected chi connectivity index (χ0v) is 14.4. The lowest BCUT2D eigenvalue weighted by Gasteiger charge is -2.29. The highest BCUT2D eigenvalue weighted by Gasteiger charge is 2.23. The summed E-state index contributed by atoms with van der Waals surface area (Å²) >= 11 is 1.49. The van der Waals surface area contributed by atoms with Gasteiger partial charge in [0.1, 0.15) is 0 Å². The Labute approximate surface area is 145 Å². The average Bonchev–Trinajstić information content (AvgIpc) is 3.06. The third-order valence-electron chi connectivity index (χ3n) is 3.95. The molecule has 6 nitrogen and oxygen atoms in total. The zero-order valence-electron chi connectivity index (χ0n) is 13.6. The number of hydrogen-bond donors (Lipinski definition) is 2. The molecule has 0 aliphatic heterocycles. The topological polar surface area (TPSA) is 84.5 Å². The molecule has 0 bridgehead atoms. The lowest BCUT2D eigenvalue weighted by Crippen LogP contribution is -2.48. The number of esters is 1. The van der Waals surface area contributed by atoms with Crippen LogP contribution in [0.1, 0.15) is 37.5 Å². The van der Waals surface area contributed by atoms with Gasteiger partial charge in [-0.1, -0.05) is 25.8 Å². The summed E-state index contributed by atoms with van der Waals surface area (Å²) in [6.45, 7) is 1.61. The smallest absolute Gasteiger partial charge is 0.331 e. The van der Waals surface area contributed by atoms with Crippen LogP contribution in [0.25, 0.3) is 6.08 Å².